The molecule has 0 radical (unpaired) electrons. The summed E-state index contributed by atoms with van der Waals surface area (Å²) in [6, 6.07) is 1.23. The van der Waals surface area contributed by atoms with Crippen molar-refractivity contribution < 1.29 is 17.6 Å². The second-order valence-electron chi connectivity index (χ2n) is 4.63. The van der Waals surface area contributed by atoms with Crippen LogP contribution < -0.4 is 10.5 Å². The number of sulfonamides is 1. The highest BCUT2D eigenvalue weighted by Crippen LogP contribution is 2.21. The Kier molecular flexibility index (Phi) is 5.20. The Morgan fingerprint density at radius 2 is 2.20 bits per heavy atom. The van der Waals surface area contributed by atoms with Gasteiger partial charge in [0, 0.05) is 31.7 Å². The number of halogens is 1. The number of carbonyl (C=O) groups is 1. The number of nitrogens with one attached hydrogen (secondary N) is 1. The van der Waals surface area contributed by atoms with Crippen LogP contribution in [0, 0.1) is 6.92 Å². The van der Waals surface area contributed by atoms with Crippen LogP contribution in [0.15, 0.2) is 15.4 Å². The van der Waals surface area contributed by atoms with Gasteiger partial charge < -0.3 is 14.6 Å². The predicted molar refractivity (Wildman–Crippen MR) is 75.4 cm³/mol. The van der Waals surface area contributed by atoms with E-state index < -0.39 is 10.0 Å². The molecule has 1 aliphatic rings. The molecule has 1 saturated heterocycles. The Hall–Kier alpha value is -1.09. The Morgan fingerprint density at radius 3 is 2.70 bits per heavy atom. The maximum absolute atomic E-state index is 12.3. The number of furan rings is 1. The second-order valence-corrected chi connectivity index (χ2v) is 6.16. The van der Waals surface area contributed by atoms with E-state index in [-0.39, 0.29) is 40.8 Å². The van der Waals surface area contributed by atoms with Gasteiger partial charge in [-0.15, -0.1) is 12.4 Å². The third-order valence-electron chi connectivity index (χ3n) is 3.15. The van der Waals surface area contributed by atoms with E-state index in [1.165, 1.54) is 13.0 Å². The first-order valence-electron chi connectivity index (χ1n) is 5.95. The lowest BCUT2D eigenvalue weighted by atomic mass is 10.2. The molecule has 0 spiro atoms. The van der Waals surface area contributed by atoms with Gasteiger partial charge in [-0.05, 0) is 13.8 Å². The first-order valence-corrected chi connectivity index (χ1v) is 7.50. The van der Waals surface area contributed by atoms with E-state index in [1.54, 1.807) is 4.90 Å². The summed E-state index contributed by atoms with van der Waals surface area (Å²) in [5.41, 5.74) is 0. The summed E-state index contributed by atoms with van der Waals surface area (Å²) in [6.45, 7) is 5.36. The third kappa shape index (κ3) is 3.32. The minimum atomic E-state index is -3.87. The molecule has 1 atom stereocenters. The van der Waals surface area contributed by atoms with Gasteiger partial charge >= 0.3 is 0 Å². The summed E-state index contributed by atoms with van der Waals surface area (Å²) in [7, 11) is -3.87. The highest BCUT2D eigenvalue weighted by atomic mass is 35.5. The first kappa shape index (κ1) is 17.0. The highest BCUT2D eigenvalue weighted by Gasteiger charge is 2.28. The third-order valence-corrected chi connectivity index (χ3v) is 4.17. The quantitative estimate of drug-likeness (QED) is 0.802. The Labute approximate surface area is 123 Å². The Morgan fingerprint density at radius 1 is 1.55 bits per heavy atom. The molecule has 7 nitrogen and oxygen atoms in total. The lowest BCUT2D eigenvalue weighted by Gasteiger charge is -2.33. The van der Waals surface area contributed by atoms with E-state index in [9.17, 15) is 13.2 Å². The first-order chi connectivity index (χ1) is 8.80. The highest BCUT2D eigenvalue weighted by molar-refractivity contribution is 7.89. The number of hydrogen-bond donors (Lipinski definition) is 2. The van der Waals surface area contributed by atoms with E-state index in [0.717, 1.165) is 0 Å². The summed E-state index contributed by atoms with van der Waals surface area (Å²) in [4.78, 5) is 13.8. The fourth-order valence-electron chi connectivity index (χ4n) is 2.14. The number of hydrogen-bond acceptors (Lipinski definition) is 5. The van der Waals surface area contributed by atoms with Crippen LogP contribution in [0.5, 0.6) is 0 Å². The van der Waals surface area contributed by atoms with E-state index in [2.05, 4.69) is 5.32 Å². The molecule has 0 unspecified atom stereocenters. The monoisotopic (exact) mass is 323 g/mol. The Bertz CT molecular complexity index is 599. The van der Waals surface area contributed by atoms with Crippen molar-refractivity contribution in [1.29, 1.82) is 0 Å². The smallest absolute Gasteiger partial charge is 0.289 e. The topological polar surface area (TPSA) is 106 Å². The van der Waals surface area contributed by atoms with Crippen molar-refractivity contribution in [3.05, 3.63) is 17.6 Å². The van der Waals surface area contributed by atoms with Crippen molar-refractivity contribution in [3.63, 3.8) is 0 Å². The van der Waals surface area contributed by atoms with E-state index in [0.29, 0.717) is 19.6 Å². The zero-order valence-corrected chi connectivity index (χ0v) is 12.9. The van der Waals surface area contributed by atoms with Crippen molar-refractivity contribution in [2.45, 2.75) is 24.8 Å². The van der Waals surface area contributed by atoms with Gasteiger partial charge in [0.05, 0.1) is 0 Å². The van der Waals surface area contributed by atoms with Gasteiger partial charge in [-0.1, -0.05) is 0 Å². The van der Waals surface area contributed by atoms with Gasteiger partial charge in [-0.2, -0.15) is 0 Å². The van der Waals surface area contributed by atoms with Gasteiger partial charge in [0.25, 0.3) is 5.91 Å². The lowest BCUT2D eigenvalue weighted by molar-refractivity contribution is 0.0622. The minimum Gasteiger partial charge on any atom is -0.455 e. The van der Waals surface area contributed by atoms with E-state index in [1.807, 2.05) is 6.92 Å². The molecular formula is C11H18ClN3O4S. The summed E-state index contributed by atoms with van der Waals surface area (Å²) in [5, 5.41) is 8.23. The molecule has 114 valence electrons. The molecule has 3 N–H and O–H groups in total. The number of carbonyl (C=O) groups excluding carboxylic acids is 1. The number of nitrogens with zero attached hydrogens (tertiary/aromatic N) is 1. The number of rotatable bonds is 2. The van der Waals surface area contributed by atoms with Crippen LogP contribution in [-0.2, 0) is 10.0 Å². The van der Waals surface area contributed by atoms with Crippen molar-refractivity contribution in [2.24, 2.45) is 5.14 Å². The maximum Gasteiger partial charge on any atom is 0.289 e. The molecule has 2 rings (SSSR count). The molecule has 9 heteroatoms. The predicted octanol–water partition coefficient (Wildman–Crippen LogP) is 0.0911. The van der Waals surface area contributed by atoms with Crippen molar-refractivity contribution in [3.8, 4) is 0 Å². The molecule has 0 aliphatic carbocycles. The molecule has 1 fully saturated rings. The normalized spacial score (nSPS) is 19.6. The molecule has 1 aromatic heterocycles. The fourth-order valence-corrected chi connectivity index (χ4v) is 2.85. The SMILES string of the molecule is Cc1oc(C(=O)N2CCNC[C@@H]2C)cc1S(N)(=O)=O.Cl. The fraction of sp³-hybridized carbons (Fsp3) is 0.545. The number of piperazine rings is 1. The molecule has 0 aromatic carbocycles. The minimum absolute atomic E-state index is 0. The average molecular weight is 324 g/mol. The summed E-state index contributed by atoms with van der Waals surface area (Å²) in [6.07, 6.45) is 0. The van der Waals surface area contributed by atoms with Crippen LogP contribution in [-0.4, -0.2) is 44.9 Å². The van der Waals surface area contributed by atoms with Crippen molar-refractivity contribution >= 4 is 28.3 Å². The van der Waals surface area contributed by atoms with Crippen LogP contribution in [0.3, 0.4) is 0 Å². The van der Waals surface area contributed by atoms with Gasteiger partial charge in [0.1, 0.15) is 10.7 Å². The molecule has 0 saturated carbocycles. The van der Waals surface area contributed by atoms with Crippen molar-refractivity contribution in [2.75, 3.05) is 19.6 Å². The van der Waals surface area contributed by atoms with Crippen LogP contribution >= 0.6 is 12.4 Å². The largest absolute Gasteiger partial charge is 0.455 e. The summed E-state index contributed by atoms with van der Waals surface area (Å²) in [5.74, 6) is -0.170. The zero-order chi connectivity index (χ0) is 14.2. The van der Waals surface area contributed by atoms with Crippen LogP contribution in [0.4, 0.5) is 0 Å². The van der Waals surface area contributed by atoms with Crippen LogP contribution in [0.2, 0.25) is 0 Å². The van der Waals surface area contributed by atoms with E-state index in [4.69, 9.17) is 9.56 Å². The number of nitrogens with two attached hydrogens (primary N) is 1. The molecule has 0 bridgehead atoms. The van der Waals surface area contributed by atoms with Gasteiger partial charge in [-0.25, -0.2) is 13.6 Å². The maximum atomic E-state index is 12.3. The molecule has 2 heterocycles. The molecule has 1 amide bonds. The lowest BCUT2D eigenvalue weighted by Crippen LogP contribution is -2.52. The molecule has 1 aliphatic heterocycles. The summed E-state index contributed by atoms with van der Waals surface area (Å²) < 4.78 is 27.9. The van der Waals surface area contributed by atoms with Crippen LogP contribution in [0.1, 0.15) is 23.2 Å². The molecular weight excluding hydrogens is 306 g/mol. The number of primary sulfonamides is 1. The zero-order valence-electron chi connectivity index (χ0n) is 11.3. The van der Waals surface area contributed by atoms with Crippen molar-refractivity contribution in [1.82, 2.24) is 10.2 Å². The van der Waals surface area contributed by atoms with Gasteiger partial charge in [0.2, 0.25) is 10.0 Å². The van der Waals surface area contributed by atoms with Gasteiger partial charge in [0.15, 0.2) is 5.76 Å². The standard InChI is InChI=1S/C11H17N3O4S.ClH/c1-7-6-13-3-4-14(7)11(15)9-5-10(8(2)18-9)19(12,16)17;/h5,7,13H,3-4,6H2,1-2H3,(H2,12,16,17);1H/t7-;/m0./s1. The average Bonchev–Trinajstić information content (AvgIpc) is 2.71. The number of amides is 1. The summed E-state index contributed by atoms with van der Waals surface area (Å²) >= 11 is 0. The Balaban J connectivity index is 0.00000200. The second kappa shape index (κ2) is 6.13. The molecule has 1 aromatic rings. The van der Waals surface area contributed by atoms with Gasteiger partial charge in [-0.3, -0.25) is 4.79 Å². The van der Waals surface area contributed by atoms with Crippen LogP contribution in [0.25, 0.3) is 0 Å². The number of aryl methyl sites for hydroxylation is 1. The van der Waals surface area contributed by atoms with E-state index >= 15 is 0 Å². The molecule has 20 heavy (non-hydrogen) atoms.